The number of pyridine rings is 1. The van der Waals surface area contributed by atoms with Gasteiger partial charge in [0, 0.05) is 31.6 Å². The highest BCUT2D eigenvalue weighted by molar-refractivity contribution is 7.77. The summed E-state index contributed by atoms with van der Waals surface area (Å²) in [5, 5.41) is 13.1. The summed E-state index contributed by atoms with van der Waals surface area (Å²) in [4.78, 5) is 17.3. The van der Waals surface area contributed by atoms with Gasteiger partial charge in [0.2, 0.25) is 0 Å². The Morgan fingerprint density at radius 2 is 1.70 bits per heavy atom. The van der Waals surface area contributed by atoms with E-state index in [-0.39, 0.29) is 12.1 Å². The Morgan fingerprint density at radius 1 is 1.09 bits per heavy atom. The van der Waals surface area contributed by atoms with Crippen LogP contribution < -0.4 is 16.6 Å². The zero-order chi connectivity index (χ0) is 33.8. The number of thiol groups is 1. The average Bonchev–Trinajstić information content (AvgIpc) is 3.00. The van der Waals surface area contributed by atoms with E-state index in [2.05, 4.69) is 42.5 Å². The Labute approximate surface area is 263 Å². The third-order valence-electron chi connectivity index (χ3n) is 5.78. The molecule has 2 bridgehead atoms. The van der Waals surface area contributed by atoms with Crippen molar-refractivity contribution >= 4 is 24.4 Å². The van der Waals surface area contributed by atoms with Crippen molar-refractivity contribution in [1.29, 1.82) is 0 Å². The van der Waals surface area contributed by atoms with E-state index in [0.717, 1.165) is 30.9 Å². The minimum atomic E-state index is -4.49. The number of hydrogen-bond donors (Lipinski definition) is 5. The molecule has 0 unspecified atom stereocenters. The van der Waals surface area contributed by atoms with Gasteiger partial charge < -0.3 is 21.5 Å². The van der Waals surface area contributed by atoms with Crippen LogP contribution in [0.2, 0.25) is 0 Å². The molecule has 7 N–H and O–H groups in total. The Balaban J connectivity index is -0.00000160. The lowest BCUT2D eigenvalue weighted by Gasteiger charge is -2.25. The van der Waals surface area contributed by atoms with Crippen molar-refractivity contribution in [3.05, 3.63) is 70.9 Å². The van der Waals surface area contributed by atoms with Gasteiger partial charge in [0.05, 0.1) is 17.1 Å². The number of alkyl halides is 3. The second-order valence-corrected chi connectivity index (χ2v) is 8.94. The summed E-state index contributed by atoms with van der Waals surface area (Å²) >= 11 is 3.03. The standard InChI is InChI=1S/C26H34F3N3O2.C3H8.C2H6.CH5N.H3NS/c1-3-19-11-6-5-9-17-32(18-10-14-24(33)34)23(30)13-8-7-12-20-15-16-22(26(27,28)29)25(31-20)21(19)4-2;1-3-2;3*1-2/h3-4,7-8,13,15-16H,5-6,9-12,14,17-18,30H2,1-2H3,(H,33,34);3H2,1-2H3;1-2H3;2H2,1H3;2H,1H2/b8-7-,19-3-,21-4+,23-13+;;;;. The number of halogens is 3. The summed E-state index contributed by atoms with van der Waals surface area (Å²) in [6, 6.07) is 2.52. The van der Waals surface area contributed by atoms with Gasteiger partial charge in [-0.2, -0.15) is 13.2 Å². The minimum absolute atomic E-state index is 0.0271. The van der Waals surface area contributed by atoms with Crippen molar-refractivity contribution in [2.45, 2.75) is 99.1 Å². The molecule has 0 saturated carbocycles. The van der Waals surface area contributed by atoms with Gasteiger partial charge >= 0.3 is 12.1 Å². The maximum Gasteiger partial charge on any atom is 0.418 e. The van der Waals surface area contributed by atoms with Crippen molar-refractivity contribution < 1.29 is 23.1 Å². The van der Waals surface area contributed by atoms with Crippen LogP contribution in [0.15, 0.2) is 53.9 Å². The molecule has 1 aromatic rings. The van der Waals surface area contributed by atoms with Crippen molar-refractivity contribution in [2.24, 2.45) is 16.6 Å². The van der Waals surface area contributed by atoms with Gasteiger partial charge in [0.15, 0.2) is 0 Å². The van der Waals surface area contributed by atoms with Crippen molar-refractivity contribution in [1.82, 2.24) is 9.88 Å². The Hall–Kier alpha value is -2.76. The predicted molar refractivity (Wildman–Crippen MR) is 179 cm³/mol. The van der Waals surface area contributed by atoms with Gasteiger partial charge in [-0.1, -0.05) is 64.8 Å². The minimum Gasteiger partial charge on any atom is -0.481 e. The van der Waals surface area contributed by atoms with Crippen LogP contribution >= 0.6 is 12.8 Å². The topological polar surface area (TPSA) is 131 Å². The highest BCUT2D eigenvalue weighted by atomic mass is 32.1. The molecule has 0 aromatic carbocycles. The highest BCUT2D eigenvalue weighted by Crippen LogP contribution is 2.37. The molecular formula is C32H56F3N5O2S. The summed E-state index contributed by atoms with van der Waals surface area (Å²) < 4.78 is 41.3. The third kappa shape index (κ3) is 19.2. The summed E-state index contributed by atoms with van der Waals surface area (Å²) in [7, 11) is 1.50. The first kappa shape index (κ1) is 44.7. The Morgan fingerprint density at radius 3 is 2.21 bits per heavy atom. The molecule has 0 atom stereocenters. The van der Waals surface area contributed by atoms with Gasteiger partial charge in [-0.25, -0.2) is 0 Å². The molecule has 7 nitrogen and oxygen atoms in total. The second-order valence-electron chi connectivity index (χ2n) is 8.94. The third-order valence-corrected chi connectivity index (χ3v) is 5.78. The van der Waals surface area contributed by atoms with E-state index in [4.69, 9.17) is 10.8 Å². The second kappa shape index (κ2) is 28.0. The molecule has 2 rings (SSSR count). The number of carboxylic acid groups (broad SMARTS) is 1. The van der Waals surface area contributed by atoms with E-state index in [0.29, 0.717) is 49.4 Å². The number of nitrogens with two attached hydrogens (primary N) is 3. The first-order valence-electron chi connectivity index (χ1n) is 14.9. The van der Waals surface area contributed by atoms with E-state index < -0.39 is 17.7 Å². The SMILES string of the molecule is C/C=C1/CCCCCN(CCCC(=O)O)/C(N)=C/C=C\Cc2ccc(C(F)(F)F)c(n2)/C1=C/C.CC.CCC.CN.NS. The number of aliphatic carboxylic acids is 1. The number of carboxylic acids is 1. The zero-order valence-corrected chi connectivity index (χ0v) is 28.1. The summed E-state index contributed by atoms with van der Waals surface area (Å²) in [6.07, 6.45) is 9.75. The number of rotatable bonds is 4. The zero-order valence-electron chi connectivity index (χ0n) is 27.2. The molecule has 43 heavy (non-hydrogen) atoms. The van der Waals surface area contributed by atoms with Crippen LogP contribution in [0.25, 0.3) is 5.57 Å². The molecular weight excluding hydrogens is 575 g/mol. The quantitative estimate of drug-likeness (QED) is 0.214. The number of nitrogens with zero attached hydrogens (tertiary/aromatic N) is 2. The molecule has 0 fully saturated rings. The van der Waals surface area contributed by atoms with E-state index >= 15 is 0 Å². The molecule has 1 aliphatic rings. The number of allylic oxidation sites excluding steroid dienone is 7. The number of carbonyl (C=O) groups is 1. The fraction of sp³-hybridized carbons (Fsp3) is 0.562. The summed E-state index contributed by atoms with van der Waals surface area (Å²) in [6.45, 7) is 13.1. The molecule has 0 aliphatic carbocycles. The normalized spacial score (nSPS) is 17.7. The molecule has 0 spiro atoms. The molecule has 2 heterocycles. The molecule has 0 saturated heterocycles. The van der Waals surface area contributed by atoms with Crippen LogP contribution in [0.4, 0.5) is 13.2 Å². The van der Waals surface area contributed by atoms with Crippen LogP contribution in [0.5, 0.6) is 0 Å². The van der Waals surface area contributed by atoms with Crippen LogP contribution in [0, 0.1) is 0 Å². The van der Waals surface area contributed by atoms with E-state index in [1.54, 1.807) is 31.2 Å². The number of aromatic nitrogens is 1. The lowest BCUT2D eigenvalue weighted by Crippen LogP contribution is -2.30. The Kier molecular flexibility index (Phi) is 29.1. The van der Waals surface area contributed by atoms with Crippen molar-refractivity contribution in [2.75, 3.05) is 20.1 Å². The smallest absolute Gasteiger partial charge is 0.418 e. The van der Waals surface area contributed by atoms with Crippen LogP contribution in [0.3, 0.4) is 0 Å². The largest absolute Gasteiger partial charge is 0.481 e. The lowest BCUT2D eigenvalue weighted by atomic mass is 9.93. The molecule has 0 radical (unpaired) electrons. The summed E-state index contributed by atoms with van der Waals surface area (Å²) in [5.41, 5.74) is 11.9. The maximum atomic E-state index is 13.8. The molecule has 1 aliphatic heterocycles. The van der Waals surface area contributed by atoms with E-state index in [1.807, 2.05) is 31.7 Å². The molecule has 1 aromatic heterocycles. The predicted octanol–water partition coefficient (Wildman–Crippen LogP) is 7.90. The first-order chi connectivity index (χ1) is 20.6. The summed E-state index contributed by atoms with van der Waals surface area (Å²) in [5.74, 6) is -0.293. The van der Waals surface area contributed by atoms with Crippen LogP contribution in [-0.2, 0) is 17.4 Å². The number of hydrogen-bond acceptors (Lipinski definition) is 7. The molecule has 0 amide bonds. The van der Waals surface area contributed by atoms with Crippen LogP contribution in [0.1, 0.15) is 103 Å². The fourth-order valence-electron chi connectivity index (χ4n) is 4.00. The van der Waals surface area contributed by atoms with Crippen molar-refractivity contribution in [3.63, 3.8) is 0 Å². The van der Waals surface area contributed by atoms with Gasteiger partial charge in [0.1, 0.15) is 0 Å². The highest BCUT2D eigenvalue weighted by Gasteiger charge is 2.35. The lowest BCUT2D eigenvalue weighted by molar-refractivity contribution is -0.138. The Bertz CT molecular complexity index is 994. The van der Waals surface area contributed by atoms with Crippen LogP contribution in [-0.4, -0.2) is 41.1 Å². The van der Waals surface area contributed by atoms with Gasteiger partial charge in [-0.15, -0.1) is 12.8 Å². The van der Waals surface area contributed by atoms with Gasteiger partial charge in [-0.3, -0.25) is 14.9 Å². The van der Waals surface area contributed by atoms with E-state index in [9.17, 15) is 18.0 Å². The van der Waals surface area contributed by atoms with Gasteiger partial charge in [0.25, 0.3) is 0 Å². The van der Waals surface area contributed by atoms with E-state index in [1.165, 1.54) is 19.5 Å². The molecule has 11 heteroatoms. The maximum absolute atomic E-state index is 13.8. The number of fused-ring (bicyclic) bond motifs is 2. The average molecular weight is 632 g/mol. The fourth-order valence-corrected chi connectivity index (χ4v) is 4.00. The van der Waals surface area contributed by atoms with Crippen molar-refractivity contribution in [3.8, 4) is 0 Å². The molecule has 248 valence electrons. The van der Waals surface area contributed by atoms with Gasteiger partial charge in [-0.05, 0) is 75.9 Å². The monoisotopic (exact) mass is 631 g/mol. The first-order valence-corrected chi connectivity index (χ1v) is 15.4.